The lowest BCUT2D eigenvalue weighted by molar-refractivity contribution is -0.122. The molecule has 0 atom stereocenters. The molecule has 0 aliphatic carbocycles. The van der Waals surface area contributed by atoms with Crippen molar-refractivity contribution < 1.29 is 9.53 Å². The van der Waals surface area contributed by atoms with Crippen LogP contribution in [-0.2, 0) is 9.53 Å². The van der Waals surface area contributed by atoms with Crippen LogP contribution in [-0.4, -0.2) is 36.7 Å². The summed E-state index contributed by atoms with van der Waals surface area (Å²) < 4.78 is 4.96. The number of unbranched alkanes of at least 4 members (excludes halogenated alkanes) is 1. The van der Waals surface area contributed by atoms with E-state index in [4.69, 9.17) is 4.74 Å². The van der Waals surface area contributed by atoms with Crippen LogP contribution in [0.5, 0.6) is 0 Å². The summed E-state index contributed by atoms with van der Waals surface area (Å²) >= 11 is 1.71. The fraction of sp³-hybridized carbons (Fsp3) is 0.889. The molecule has 0 radical (unpaired) electrons. The number of amides is 1. The van der Waals surface area contributed by atoms with Crippen molar-refractivity contribution in [2.45, 2.75) is 25.8 Å². The molecule has 1 aliphatic rings. The standard InChI is InChI=1S/C9H17NO2S/c1-2-3-4-13-7-9(11)10-8-5-12-6-8/h8H,2-7H2,1H3,(H,10,11). The lowest BCUT2D eigenvalue weighted by atomic mass is 10.2. The van der Waals surface area contributed by atoms with Crippen LogP contribution in [0.4, 0.5) is 0 Å². The predicted octanol–water partition coefficient (Wildman–Crippen LogP) is 1.03. The molecule has 0 saturated carbocycles. The van der Waals surface area contributed by atoms with Gasteiger partial charge < -0.3 is 10.1 Å². The van der Waals surface area contributed by atoms with E-state index in [1.165, 1.54) is 12.8 Å². The van der Waals surface area contributed by atoms with Crippen molar-refractivity contribution in [1.29, 1.82) is 0 Å². The van der Waals surface area contributed by atoms with Gasteiger partial charge in [0.25, 0.3) is 0 Å². The van der Waals surface area contributed by atoms with Crippen LogP contribution < -0.4 is 5.32 Å². The van der Waals surface area contributed by atoms with Gasteiger partial charge >= 0.3 is 0 Å². The summed E-state index contributed by atoms with van der Waals surface area (Å²) in [7, 11) is 0. The van der Waals surface area contributed by atoms with E-state index >= 15 is 0 Å². The number of hydrogen-bond acceptors (Lipinski definition) is 3. The molecule has 0 aromatic heterocycles. The van der Waals surface area contributed by atoms with Crippen molar-refractivity contribution >= 4 is 17.7 Å². The SMILES string of the molecule is CCCCSCC(=O)NC1COC1. The van der Waals surface area contributed by atoms with E-state index in [-0.39, 0.29) is 11.9 Å². The molecule has 1 amide bonds. The highest BCUT2D eigenvalue weighted by Gasteiger charge is 2.19. The van der Waals surface area contributed by atoms with Gasteiger partial charge in [0.2, 0.25) is 5.91 Å². The Bertz CT molecular complexity index is 160. The van der Waals surface area contributed by atoms with Crippen LogP contribution in [0.3, 0.4) is 0 Å². The molecule has 0 spiro atoms. The zero-order valence-electron chi connectivity index (χ0n) is 8.04. The average Bonchev–Trinajstić information content (AvgIpc) is 2.06. The fourth-order valence-electron chi connectivity index (χ4n) is 1.000. The first kappa shape index (κ1) is 10.9. The number of rotatable bonds is 6. The lowest BCUT2D eigenvalue weighted by Crippen LogP contribution is -2.49. The van der Waals surface area contributed by atoms with Crippen molar-refractivity contribution in [3.05, 3.63) is 0 Å². The van der Waals surface area contributed by atoms with Gasteiger partial charge in [-0.3, -0.25) is 4.79 Å². The molecule has 13 heavy (non-hydrogen) atoms. The highest BCUT2D eigenvalue weighted by atomic mass is 32.2. The monoisotopic (exact) mass is 203 g/mol. The normalized spacial score (nSPS) is 16.7. The first-order valence-corrected chi connectivity index (χ1v) is 5.93. The van der Waals surface area contributed by atoms with Crippen LogP contribution in [0.25, 0.3) is 0 Å². The van der Waals surface area contributed by atoms with Crippen LogP contribution in [0, 0.1) is 0 Å². The molecular weight excluding hydrogens is 186 g/mol. The smallest absolute Gasteiger partial charge is 0.230 e. The van der Waals surface area contributed by atoms with E-state index in [9.17, 15) is 4.79 Å². The first-order valence-electron chi connectivity index (χ1n) is 4.77. The van der Waals surface area contributed by atoms with Crippen molar-refractivity contribution in [1.82, 2.24) is 5.32 Å². The van der Waals surface area contributed by atoms with Crippen LogP contribution in [0.2, 0.25) is 0 Å². The largest absolute Gasteiger partial charge is 0.377 e. The lowest BCUT2D eigenvalue weighted by Gasteiger charge is -2.26. The second-order valence-corrected chi connectivity index (χ2v) is 4.31. The van der Waals surface area contributed by atoms with Gasteiger partial charge in [0.1, 0.15) is 0 Å². The third kappa shape index (κ3) is 4.52. The molecule has 1 heterocycles. The molecule has 1 fully saturated rings. The Morgan fingerprint density at radius 1 is 1.62 bits per heavy atom. The van der Waals surface area contributed by atoms with Crippen LogP contribution >= 0.6 is 11.8 Å². The molecule has 1 saturated heterocycles. The maximum absolute atomic E-state index is 11.2. The second-order valence-electron chi connectivity index (χ2n) is 3.21. The summed E-state index contributed by atoms with van der Waals surface area (Å²) in [6.07, 6.45) is 2.40. The minimum absolute atomic E-state index is 0.148. The third-order valence-electron chi connectivity index (χ3n) is 1.88. The highest BCUT2D eigenvalue weighted by molar-refractivity contribution is 7.99. The minimum atomic E-state index is 0.148. The van der Waals surface area contributed by atoms with Crippen molar-refractivity contribution in [3.8, 4) is 0 Å². The molecule has 4 heteroatoms. The third-order valence-corrected chi connectivity index (χ3v) is 2.92. The van der Waals surface area contributed by atoms with E-state index in [0.717, 1.165) is 5.75 Å². The van der Waals surface area contributed by atoms with Gasteiger partial charge in [-0.05, 0) is 12.2 Å². The quantitative estimate of drug-likeness (QED) is 0.655. The maximum Gasteiger partial charge on any atom is 0.230 e. The molecular formula is C9H17NO2S. The average molecular weight is 203 g/mol. The van der Waals surface area contributed by atoms with E-state index < -0.39 is 0 Å². The maximum atomic E-state index is 11.2. The Labute approximate surface area is 83.6 Å². The van der Waals surface area contributed by atoms with E-state index in [0.29, 0.717) is 19.0 Å². The topological polar surface area (TPSA) is 38.3 Å². The van der Waals surface area contributed by atoms with Gasteiger partial charge in [-0.15, -0.1) is 0 Å². The molecule has 3 nitrogen and oxygen atoms in total. The Hall–Kier alpha value is -0.220. The summed E-state index contributed by atoms with van der Waals surface area (Å²) in [4.78, 5) is 11.2. The van der Waals surface area contributed by atoms with Crippen LogP contribution in [0.15, 0.2) is 0 Å². The van der Waals surface area contributed by atoms with Gasteiger partial charge in [-0.1, -0.05) is 13.3 Å². The number of thioether (sulfide) groups is 1. The molecule has 1 N–H and O–H groups in total. The Kier molecular flexibility index (Phi) is 5.23. The van der Waals surface area contributed by atoms with Crippen molar-refractivity contribution in [2.24, 2.45) is 0 Å². The summed E-state index contributed by atoms with van der Waals surface area (Å²) in [6, 6.07) is 0.277. The second kappa shape index (κ2) is 6.27. The molecule has 1 rings (SSSR count). The summed E-state index contributed by atoms with van der Waals surface area (Å²) in [6.45, 7) is 3.53. The van der Waals surface area contributed by atoms with Gasteiger partial charge in [0, 0.05) is 0 Å². The Morgan fingerprint density at radius 3 is 2.92 bits per heavy atom. The van der Waals surface area contributed by atoms with Gasteiger partial charge in [0.05, 0.1) is 25.0 Å². The van der Waals surface area contributed by atoms with Gasteiger partial charge in [-0.25, -0.2) is 0 Å². The first-order chi connectivity index (χ1) is 6.33. The van der Waals surface area contributed by atoms with Crippen molar-refractivity contribution in [2.75, 3.05) is 24.7 Å². The fourth-order valence-corrected chi connectivity index (χ4v) is 1.91. The molecule has 1 aliphatic heterocycles. The Balaban J connectivity index is 1.91. The minimum Gasteiger partial charge on any atom is -0.377 e. The molecule has 76 valence electrons. The summed E-state index contributed by atoms with van der Waals surface area (Å²) in [5.41, 5.74) is 0. The number of hydrogen-bond donors (Lipinski definition) is 1. The summed E-state index contributed by atoms with van der Waals surface area (Å²) in [5.74, 6) is 1.83. The van der Waals surface area contributed by atoms with Crippen molar-refractivity contribution in [3.63, 3.8) is 0 Å². The summed E-state index contributed by atoms with van der Waals surface area (Å²) in [5, 5.41) is 2.91. The van der Waals surface area contributed by atoms with E-state index in [1.807, 2.05) is 0 Å². The highest BCUT2D eigenvalue weighted by Crippen LogP contribution is 2.05. The predicted molar refractivity (Wildman–Crippen MR) is 55.0 cm³/mol. The molecule has 0 unspecified atom stereocenters. The molecule has 0 aromatic carbocycles. The number of carbonyl (C=O) groups is 1. The number of ether oxygens (including phenoxy) is 1. The van der Waals surface area contributed by atoms with E-state index in [2.05, 4.69) is 12.2 Å². The number of nitrogens with one attached hydrogen (secondary N) is 1. The van der Waals surface area contributed by atoms with Gasteiger partial charge in [-0.2, -0.15) is 11.8 Å². The molecule has 0 aromatic rings. The Morgan fingerprint density at radius 2 is 2.38 bits per heavy atom. The van der Waals surface area contributed by atoms with E-state index in [1.54, 1.807) is 11.8 Å². The van der Waals surface area contributed by atoms with Gasteiger partial charge in [0.15, 0.2) is 0 Å². The van der Waals surface area contributed by atoms with Crippen LogP contribution in [0.1, 0.15) is 19.8 Å². The zero-order chi connectivity index (χ0) is 9.52. The molecule has 0 bridgehead atoms. The number of carbonyl (C=O) groups excluding carboxylic acids is 1. The zero-order valence-corrected chi connectivity index (χ0v) is 8.86.